The van der Waals surface area contributed by atoms with Crippen LogP contribution >= 0.6 is 24.4 Å². The van der Waals surface area contributed by atoms with Gasteiger partial charge in [0.25, 0.3) is 0 Å². The summed E-state index contributed by atoms with van der Waals surface area (Å²) in [6.07, 6.45) is 0. The number of benzene rings is 1. The minimum atomic E-state index is -2.13. The quantitative estimate of drug-likeness (QED) is 0.687. The van der Waals surface area contributed by atoms with Gasteiger partial charge >= 0.3 is 0 Å². The number of hydrogen-bond donors (Lipinski definition) is 3. The molecule has 0 aliphatic heterocycles. The molecular weight excluding hydrogens is 220 g/mol. The second-order valence-electron chi connectivity index (χ2n) is 2.69. The first kappa shape index (κ1) is 11.0. The van der Waals surface area contributed by atoms with Crippen molar-refractivity contribution in [2.75, 3.05) is 0 Å². The fourth-order valence-electron chi connectivity index (χ4n) is 1.02. The van der Waals surface area contributed by atoms with Crippen LogP contribution in [0.15, 0.2) is 30.3 Å². The second kappa shape index (κ2) is 4.00. The highest BCUT2D eigenvalue weighted by atomic mass is 32.1. The SMILES string of the molecule is OC(=S)C(O)(C(O)=S)c1ccccc1. The van der Waals surface area contributed by atoms with E-state index in [1.807, 2.05) is 0 Å². The van der Waals surface area contributed by atoms with Gasteiger partial charge in [0.15, 0.2) is 0 Å². The molecule has 14 heavy (non-hydrogen) atoms. The van der Waals surface area contributed by atoms with E-state index >= 15 is 0 Å². The van der Waals surface area contributed by atoms with Crippen LogP contribution in [0.2, 0.25) is 0 Å². The Kier molecular flexibility index (Phi) is 3.15. The Labute approximate surface area is 91.6 Å². The summed E-state index contributed by atoms with van der Waals surface area (Å²) >= 11 is 8.89. The molecule has 3 N–H and O–H groups in total. The average Bonchev–Trinajstić information content (AvgIpc) is 2.17. The number of thiocarbonyl (C=S) groups is 2. The van der Waals surface area contributed by atoms with Crippen molar-refractivity contribution in [2.45, 2.75) is 5.60 Å². The maximum absolute atomic E-state index is 9.85. The first-order valence-electron chi connectivity index (χ1n) is 3.74. The third-order valence-corrected chi connectivity index (χ3v) is 2.40. The van der Waals surface area contributed by atoms with Gasteiger partial charge in [-0.25, -0.2) is 0 Å². The Morgan fingerprint density at radius 3 is 1.79 bits per heavy atom. The van der Waals surface area contributed by atoms with E-state index in [1.54, 1.807) is 18.2 Å². The minimum absolute atomic E-state index is 0.236. The molecule has 0 aromatic heterocycles. The summed E-state index contributed by atoms with van der Waals surface area (Å²) in [5.41, 5.74) is -1.90. The Bertz CT molecular complexity index is 348. The van der Waals surface area contributed by atoms with E-state index < -0.39 is 15.7 Å². The lowest BCUT2D eigenvalue weighted by Crippen LogP contribution is -2.41. The Hall–Kier alpha value is -1.04. The Morgan fingerprint density at radius 2 is 1.43 bits per heavy atom. The molecule has 0 aliphatic carbocycles. The molecule has 3 nitrogen and oxygen atoms in total. The summed E-state index contributed by atoms with van der Waals surface area (Å²) < 4.78 is 0. The summed E-state index contributed by atoms with van der Waals surface area (Å²) in [6.45, 7) is 0. The van der Waals surface area contributed by atoms with Crippen LogP contribution in [0.1, 0.15) is 5.56 Å². The van der Waals surface area contributed by atoms with Gasteiger partial charge < -0.3 is 15.3 Å². The van der Waals surface area contributed by atoms with Crippen molar-refractivity contribution in [3.8, 4) is 0 Å². The molecule has 1 aromatic carbocycles. The normalized spacial score (nSPS) is 10.9. The lowest BCUT2D eigenvalue weighted by Gasteiger charge is -2.23. The Morgan fingerprint density at radius 1 is 1.00 bits per heavy atom. The lowest BCUT2D eigenvalue weighted by molar-refractivity contribution is 0.149. The highest BCUT2D eigenvalue weighted by Gasteiger charge is 2.39. The van der Waals surface area contributed by atoms with Crippen molar-refractivity contribution >= 4 is 34.5 Å². The zero-order chi connectivity index (χ0) is 10.8. The predicted octanol–water partition coefficient (Wildman–Crippen LogP) is 1.65. The van der Waals surface area contributed by atoms with E-state index in [4.69, 9.17) is 10.2 Å². The van der Waals surface area contributed by atoms with Crippen molar-refractivity contribution in [3.05, 3.63) is 35.9 Å². The fraction of sp³-hybridized carbons (Fsp3) is 0.111. The summed E-state index contributed by atoms with van der Waals surface area (Å²) in [5, 5.41) is 26.6. The Balaban J connectivity index is 3.27. The number of rotatable bonds is 3. The molecule has 0 spiro atoms. The van der Waals surface area contributed by atoms with Gasteiger partial charge in [-0.1, -0.05) is 30.3 Å². The molecule has 0 fully saturated rings. The van der Waals surface area contributed by atoms with Gasteiger partial charge in [0.2, 0.25) is 15.7 Å². The topological polar surface area (TPSA) is 60.7 Å². The van der Waals surface area contributed by atoms with E-state index in [0.717, 1.165) is 0 Å². The maximum Gasteiger partial charge on any atom is 0.226 e. The molecule has 0 aliphatic rings. The lowest BCUT2D eigenvalue weighted by atomic mass is 9.95. The molecule has 0 unspecified atom stereocenters. The van der Waals surface area contributed by atoms with E-state index in [2.05, 4.69) is 24.4 Å². The largest absolute Gasteiger partial charge is 0.499 e. The first-order valence-corrected chi connectivity index (χ1v) is 4.56. The second-order valence-corrected chi connectivity index (χ2v) is 3.46. The molecule has 0 amide bonds. The van der Waals surface area contributed by atoms with Crippen molar-refractivity contribution in [1.82, 2.24) is 0 Å². The highest BCUT2D eigenvalue weighted by Crippen LogP contribution is 2.23. The van der Waals surface area contributed by atoms with E-state index in [0.29, 0.717) is 0 Å². The van der Waals surface area contributed by atoms with Gasteiger partial charge in [-0.3, -0.25) is 0 Å². The number of hydrogen-bond acceptors (Lipinski definition) is 3. The van der Waals surface area contributed by atoms with E-state index in [9.17, 15) is 5.11 Å². The molecule has 5 heteroatoms. The standard InChI is InChI=1S/C9H8O3S2/c10-7(13)9(12,8(11)14)6-4-2-1-3-5-6/h1-5,12H,(H,10,13)(H,11,14). The summed E-state index contributed by atoms with van der Waals surface area (Å²) in [4.78, 5) is 0. The van der Waals surface area contributed by atoms with Crippen LogP contribution in [0.5, 0.6) is 0 Å². The molecule has 1 rings (SSSR count). The molecule has 0 heterocycles. The van der Waals surface area contributed by atoms with Crippen molar-refractivity contribution < 1.29 is 15.3 Å². The van der Waals surface area contributed by atoms with Crippen molar-refractivity contribution in [3.63, 3.8) is 0 Å². The fourth-order valence-corrected chi connectivity index (χ4v) is 1.51. The molecule has 74 valence electrons. The van der Waals surface area contributed by atoms with Crippen LogP contribution in [-0.2, 0) is 5.60 Å². The molecule has 0 atom stereocenters. The first-order chi connectivity index (χ1) is 6.49. The third-order valence-electron chi connectivity index (χ3n) is 1.81. The van der Waals surface area contributed by atoms with Gasteiger partial charge in [-0.2, -0.15) is 0 Å². The van der Waals surface area contributed by atoms with E-state index in [-0.39, 0.29) is 5.56 Å². The van der Waals surface area contributed by atoms with Gasteiger partial charge in [-0.05, 0) is 24.4 Å². The van der Waals surface area contributed by atoms with Crippen LogP contribution in [0.3, 0.4) is 0 Å². The molecule has 1 aromatic rings. The summed E-state index contributed by atoms with van der Waals surface area (Å²) in [6, 6.07) is 8.01. The highest BCUT2D eigenvalue weighted by molar-refractivity contribution is 7.82. The van der Waals surface area contributed by atoms with Crippen LogP contribution in [-0.4, -0.2) is 25.4 Å². The molecule has 0 radical (unpaired) electrons. The monoisotopic (exact) mass is 228 g/mol. The van der Waals surface area contributed by atoms with E-state index in [1.165, 1.54) is 12.1 Å². The van der Waals surface area contributed by atoms with Crippen molar-refractivity contribution in [2.24, 2.45) is 0 Å². The third kappa shape index (κ3) is 1.75. The van der Waals surface area contributed by atoms with Gasteiger partial charge in [0, 0.05) is 5.56 Å². The summed E-state index contributed by atoms with van der Waals surface area (Å²) in [5.74, 6) is 0. The zero-order valence-electron chi connectivity index (χ0n) is 7.04. The molecular formula is C9H8O3S2. The van der Waals surface area contributed by atoms with Crippen LogP contribution in [0, 0.1) is 0 Å². The molecule has 0 bridgehead atoms. The predicted molar refractivity (Wildman–Crippen MR) is 60.8 cm³/mol. The zero-order valence-corrected chi connectivity index (χ0v) is 8.68. The molecule has 0 saturated carbocycles. The smallest absolute Gasteiger partial charge is 0.226 e. The van der Waals surface area contributed by atoms with Gasteiger partial charge in [0.05, 0.1) is 0 Å². The van der Waals surface area contributed by atoms with Crippen LogP contribution in [0.4, 0.5) is 0 Å². The van der Waals surface area contributed by atoms with Crippen LogP contribution < -0.4 is 0 Å². The number of aliphatic hydroxyl groups excluding tert-OH is 2. The van der Waals surface area contributed by atoms with Gasteiger partial charge in [0.1, 0.15) is 0 Å². The molecule has 0 saturated heterocycles. The number of aliphatic hydroxyl groups is 3. The maximum atomic E-state index is 9.85. The van der Waals surface area contributed by atoms with Gasteiger partial charge in [-0.15, -0.1) is 0 Å². The summed E-state index contributed by atoms with van der Waals surface area (Å²) in [7, 11) is 0. The minimum Gasteiger partial charge on any atom is -0.499 e. The average molecular weight is 228 g/mol. The van der Waals surface area contributed by atoms with Crippen LogP contribution in [0.25, 0.3) is 0 Å². The van der Waals surface area contributed by atoms with Crippen molar-refractivity contribution in [1.29, 1.82) is 0 Å².